The van der Waals surface area contributed by atoms with Gasteiger partial charge >= 0.3 is 0 Å². The number of rotatable bonds is 7. The van der Waals surface area contributed by atoms with Crippen molar-refractivity contribution in [1.29, 1.82) is 0 Å². The number of halogens is 2. The van der Waals surface area contributed by atoms with Crippen molar-refractivity contribution in [2.24, 2.45) is 5.73 Å². The van der Waals surface area contributed by atoms with E-state index in [2.05, 4.69) is 46.9 Å². The van der Waals surface area contributed by atoms with Crippen LogP contribution in [-0.4, -0.2) is 36.2 Å². The second kappa shape index (κ2) is 10.7. The summed E-state index contributed by atoms with van der Waals surface area (Å²) in [7, 11) is 2.03. The van der Waals surface area contributed by atoms with Crippen LogP contribution in [0.3, 0.4) is 0 Å². The Morgan fingerprint density at radius 3 is 2.41 bits per heavy atom. The highest BCUT2D eigenvalue weighted by Crippen LogP contribution is 2.35. The average Bonchev–Trinajstić information content (AvgIpc) is 2.59. The lowest BCUT2D eigenvalue weighted by Gasteiger charge is -2.32. The van der Waals surface area contributed by atoms with Crippen molar-refractivity contribution in [3.8, 4) is 5.75 Å². The molecule has 1 heterocycles. The van der Waals surface area contributed by atoms with Gasteiger partial charge < -0.3 is 15.4 Å². The molecular weight excluding hydrogens is 383 g/mol. The fraction of sp³-hybridized carbons (Fsp3) is 0.500. The highest BCUT2D eigenvalue weighted by atomic mass is 35.5. The molecule has 1 fully saturated rings. The van der Waals surface area contributed by atoms with Crippen molar-refractivity contribution in [1.82, 2.24) is 9.97 Å². The van der Waals surface area contributed by atoms with Crippen LogP contribution in [0, 0.1) is 0 Å². The van der Waals surface area contributed by atoms with Gasteiger partial charge in [-0.15, -0.1) is 24.8 Å². The molecule has 0 atom stereocenters. The number of benzene rings is 1. The van der Waals surface area contributed by atoms with Gasteiger partial charge in [0.25, 0.3) is 0 Å². The summed E-state index contributed by atoms with van der Waals surface area (Å²) in [5.74, 6) is 2.87. The van der Waals surface area contributed by atoms with Gasteiger partial charge in [-0.3, -0.25) is 0 Å². The average molecular weight is 413 g/mol. The Labute approximate surface area is 174 Å². The largest absolute Gasteiger partial charge is 0.492 e. The molecule has 5 nitrogen and oxygen atoms in total. The molecule has 1 aliphatic rings. The van der Waals surface area contributed by atoms with Crippen LogP contribution in [0.15, 0.2) is 36.7 Å². The fourth-order valence-corrected chi connectivity index (χ4v) is 3.06. The monoisotopic (exact) mass is 412 g/mol. The predicted molar refractivity (Wildman–Crippen MR) is 116 cm³/mol. The Bertz CT molecular complexity index is 691. The third-order valence-electron chi connectivity index (χ3n) is 4.90. The van der Waals surface area contributed by atoms with E-state index in [0.29, 0.717) is 24.5 Å². The third kappa shape index (κ3) is 6.23. The number of aromatic nitrogens is 2. The van der Waals surface area contributed by atoms with Crippen LogP contribution in [0.25, 0.3) is 0 Å². The van der Waals surface area contributed by atoms with E-state index in [1.807, 2.05) is 19.2 Å². The Balaban J connectivity index is 0.00000182. The normalized spacial score (nSPS) is 18.1. The summed E-state index contributed by atoms with van der Waals surface area (Å²) in [6, 6.07) is 10.7. The van der Waals surface area contributed by atoms with Crippen LogP contribution in [0.5, 0.6) is 5.75 Å². The number of nitrogens with two attached hydrogens (primary N) is 1. The number of hydrogen-bond donors (Lipinski definition) is 1. The minimum Gasteiger partial charge on any atom is -0.492 e. The topological polar surface area (TPSA) is 64.3 Å². The van der Waals surface area contributed by atoms with E-state index in [-0.39, 0.29) is 24.8 Å². The summed E-state index contributed by atoms with van der Waals surface area (Å²) < 4.78 is 5.86. The maximum atomic E-state index is 5.88. The zero-order valence-electron chi connectivity index (χ0n) is 16.2. The first-order chi connectivity index (χ1) is 12.0. The van der Waals surface area contributed by atoms with Gasteiger partial charge in [0, 0.05) is 30.8 Å². The van der Waals surface area contributed by atoms with Crippen LogP contribution in [0.2, 0.25) is 0 Å². The first kappa shape index (κ1) is 23.5. The first-order valence-electron chi connectivity index (χ1n) is 9.04. The smallest absolute Gasteiger partial charge is 0.132 e. The zero-order chi connectivity index (χ0) is 17.8. The number of anilines is 1. The van der Waals surface area contributed by atoms with Gasteiger partial charge in [0.2, 0.25) is 0 Å². The van der Waals surface area contributed by atoms with Gasteiger partial charge in [0.15, 0.2) is 0 Å². The molecule has 2 N–H and O–H groups in total. The van der Waals surface area contributed by atoms with Gasteiger partial charge in [-0.05, 0) is 36.5 Å². The number of likely N-dealkylation sites (N-methyl/N-ethyl adjacent to an activating group) is 1. The van der Waals surface area contributed by atoms with Gasteiger partial charge in [-0.2, -0.15) is 0 Å². The molecule has 0 spiro atoms. The quantitative estimate of drug-likeness (QED) is 0.738. The molecular formula is C20H30Cl2N4O. The lowest BCUT2D eigenvalue weighted by atomic mass is 9.78. The van der Waals surface area contributed by atoms with E-state index in [1.165, 1.54) is 5.56 Å². The standard InChI is InChI=1S/C20H28N4O.2ClH/c1-14(2)15-4-6-18(7-5-15)25-9-8-24(3)20-12-19(22-13-23-20)16-10-17(21)11-16;;/h4-7,12-14,16-17H,8-11,21H2,1-3H3;2*1H. The summed E-state index contributed by atoms with van der Waals surface area (Å²) in [5, 5.41) is 0. The molecule has 0 radical (unpaired) electrons. The van der Waals surface area contributed by atoms with E-state index >= 15 is 0 Å². The summed E-state index contributed by atoms with van der Waals surface area (Å²) in [6.07, 6.45) is 3.70. The van der Waals surface area contributed by atoms with E-state index in [1.54, 1.807) is 6.33 Å². The van der Waals surface area contributed by atoms with E-state index < -0.39 is 0 Å². The van der Waals surface area contributed by atoms with Gasteiger partial charge in [0.05, 0.1) is 6.54 Å². The molecule has 0 aliphatic heterocycles. The molecule has 1 aliphatic carbocycles. The number of hydrogen-bond acceptors (Lipinski definition) is 5. The maximum absolute atomic E-state index is 5.88. The molecule has 2 aromatic rings. The van der Waals surface area contributed by atoms with Crippen molar-refractivity contribution < 1.29 is 4.74 Å². The first-order valence-corrected chi connectivity index (χ1v) is 9.04. The predicted octanol–water partition coefficient (Wildman–Crippen LogP) is 4.16. The molecule has 150 valence electrons. The SMILES string of the molecule is CC(C)c1ccc(OCCN(C)c2cc(C3CC(N)C3)ncn2)cc1.Cl.Cl. The van der Waals surface area contributed by atoms with Gasteiger partial charge in [-0.25, -0.2) is 9.97 Å². The minimum absolute atomic E-state index is 0. The lowest BCUT2D eigenvalue weighted by Crippen LogP contribution is -2.35. The summed E-state index contributed by atoms with van der Waals surface area (Å²) in [6.45, 7) is 5.77. The van der Waals surface area contributed by atoms with Crippen molar-refractivity contribution in [3.63, 3.8) is 0 Å². The summed E-state index contributed by atoms with van der Waals surface area (Å²) >= 11 is 0. The van der Waals surface area contributed by atoms with E-state index in [4.69, 9.17) is 10.5 Å². The Morgan fingerprint density at radius 1 is 1.15 bits per heavy atom. The molecule has 0 unspecified atom stereocenters. The molecule has 0 amide bonds. The molecule has 27 heavy (non-hydrogen) atoms. The maximum Gasteiger partial charge on any atom is 0.132 e. The second-order valence-electron chi connectivity index (χ2n) is 7.22. The van der Waals surface area contributed by atoms with Crippen LogP contribution in [-0.2, 0) is 0 Å². The third-order valence-corrected chi connectivity index (χ3v) is 4.90. The fourth-order valence-electron chi connectivity index (χ4n) is 3.06. The molecule has 1 aromatic carbocycles. The zero-order valence-corrected chi connectivity index (χ0v) is 17.8. The highest BCUT2D eigenvalue weighted by Gasteiger charge is 2.28. The van der Waals surface area contributed by atoms with Crippen molar-refractivity contribution in [2.75, 3.05) is 25.1 Å². The van der Waals surface area contributed by atoms with E-state index in [0.717, 1.165) is 36.6 Å². The number of nitrogens with zero attached hydrogens (tertiary/aromatic N) is 3. The van der Waals surface area contributed by atoms with Crippen LogP contribution >= 0.6 is 24.8 Å². The molecule has 7 heteroatoms. The molecule has 1 aromatic heterocycles. The lowest BCUT2D eigenvalue weighted by molar-refractivity contribution is 0.325. The molecule has 1 saturated carbocycles. The highest BCUT2D eigenvalue weighted by molar-refractivity contribution is 5.85. The van der Waals surface area contributed by atoms with Gasteiger partial charge in [-0.1, -0.05) is 26.0 Å². The molecule has 0 bridgehead atoms. The summed E-state index contributed by atoms with van der Waals surface area (Å²) in [4.78, 5) is 10.9. The van der Waals surface area contributed by atoms with Crippen LogP contribution in [0.1, 0.15) is 49.8 Å². The van der Waals surface area contributed by atoms with Crippen molar-refractivity contribution >= 4 is 30.6 Å². The molecule has 3 rings (SSSR count). The van der Waals surface area contributed by atoms with Crippen molar-refractivity contribution in [3.05, 3.63) is 47.9 Å². The minimum atomic E-state index is 0. The van der Waals surface area contributed by atoms with Gasteiger partial charge in [0.1, 0.15) is 24.5 Å². The Hall–Kier alpha value is -1.56. The number of ether oxygens (including phenoxy) is 1. The van der Waals surface area contributed by atoms with E-state index in [9.17, 15) is 0 Å². The summed E-state index contributed by atoms with van der Waals surface area (Å²) in [5.41, 5.74) is 8.31. The molecule has 0 saturated heterocycles. The second-order valence-corrected chi connectivity index (χ2v) is 7.22. The Morgan fingerprint density at radius 2 is 1.81 bits per heavy atom. The van der Waals surface area contributed by atoms with Crippen LogP contribution in [0.4, 0.5) is 5.82 Å². The Kier molecular flexibility index (Phi) is 9.30. The van der Waals surface area contributed by atoms with Crippen LogP contribution < -0.4 is 15.4 Å². The van der Waals surface area contributed by atoms with Crippen molar-refractivity contribution in [2.45, 2.75) is 44.6 Å².